The van der Waals surface area contributed by atoms with Gasteiger partial charge in [0.15, 0.2) is 22.9 Å². The number of hydrogen-bond acceptors (Lipinski definition) is 17. The van der Waals surface area contributed by atoms with E-state index in [-0.39, 0.29) is 43.1 Å². The van der Waals surface area contributed by atoms with Crippen LogP contribution in [0.3, 0.4) is 0 Å². The SMILES string of the molecule is CCS(=O)(=O)NP(=O)(OCC1O[C@@H](n2cnc3c(N)ncnc32)C[C@H]1OC)O[C@@H]1C[C@H](n2cnc3c(N)ncnc32)OC1COC(C)C. The fourth-order valence-electron chi connectivity index (χ4n) is 5.51. The monoisotopic (exact) mass is 711 g/mol. The molecular formula is C26H38N11O9PS. The summed E-state index contributed by atoms with van der Waals surface area (Å²) in [6.45, 7) is 4.80. The first kappa shape index (κ1) is 34.5. The molecule has 2 fully saturated rings. The molecule has 0 bridgehead atoms. The normalized spacial score (nSPS) is 26.2. The summed E-state index contributed by atoms with van der Waals surface area (Å²) in [5, 5.41) is 0. The van der Waals surface area contributed by atoms with Gasteiger partial charge in [0, 0.05) is 20.0 Å². The van der Waals surface area contributed by atoms with Crippen molar-refractivity contribution in [3.63, 3.8) is 0 Å². The van der Waals surface area contributed by atoms with Crippen LogP contribution in [0.5, 0.6) is 0 Å². The fraction of sp³-hybridized carbons (Fsp3) is 0.615. The van der Waals surface area contributed by atoms with Gasteiger partial charge in [0.1, 0.15) is 54.5 Å². The van der Waals surface area contributed by atoms with E-state index in [9.17, 15) is 13.0 Å². The summed E-state index contributed by atoms with van der Waals surface area (Å²) in [6, 6.07) is 0. The molecule has 262 valence electrons. The Bertz CT molecular complexity index is 1910. The fourth-order valence-corrected chi connectivity index (χ4v) is 8.76. The molecule has 0 saturated carbocycles. The van der Waals surface area contributed by atoms with E-state index >= 15 is 0 Å². The van der Waals surface area contributed by atoms with E-state index in [0.29, 0.717) is 28.7 Å². The van der Waals surface area contributed by atoms with E-state index in [1.54, 1.807) is 9.13 Å². The molecule has 6 heterocycles. The molecule has 48 heavy (non-hydrogen) atoms. The van der Waals surface area contributed by atoms with Gasteiger partial charge in [0.25, 0.3) is 0 Å². The number of hydrogen-bond donors (Lipinski definition) is 3. The van der Waals surface area contributed by atoms with Gasteiger partial charge in [-0.25, -0.2) is 42.9 Å². The first-order chi connectivity index (χ1) is 22.9. The summed E-state index contributed by atoms with van der Waals surface area (Å²) < 4.78 is 81.1. The average Bonchev–Trinajstić information content (AvgIpc) is 3.84. The second kappa shape index (κ2) is 13.8. The number of rotatable bonds is 14. The number of imidazole rings is 2. The average molecular weight is 712 g/mol. The van der Waals surface area contributed by atoms with Crippen LogP contribution in [-0.2, 0) is 42.6 Å². The minimum atomic E-state index is -4.60. The summed E-state index contributed by atoms with van der Waals surface area (Å²) in [5.74, 6) is 0.0345. The van der Waals surface area contributed by atoms with E-state index in [1.165, 1.54) is 39.3 Å². The van der Waals surface area contributed by atoms with Crippen LogP contribution in [-0.4, -0.2) is 104 Å². The Labute approximate surface area is 275 Å². The highest BCUT2D eigenvalue weighted by Crippen LogP contribution is 2.50. The van der Waals surface area contributed by atoms with Crippen molar-refractivity contribution in [1.82, 2.24) is 43.5 Å². The summed E-state index contributed by atoms with van der Waals surface area (Å²) >= 11 is 0. The second-order valence-electron chi connectivity index (χ2n) is 11.5. The van der Waals surface area contributed by atoms with E-state index in [0.717, 1.165) is 0 Å². The molecule has 6 rings (SSSR count). The Morgan fingerprint density at radius 3 is 1.98 bits per heavy atom. The molecule has 3 unspecified atom stereocenters. The van der Waals surface area contributed by atoms with Crippen LogP contribution in [0.15, 0.2) is 25.3 Å². The van der Waals surface area contributed by atoms with E-state index < -0.39 is 54.6 Å². The van der Waals surface area contributed by atoms with Gasteiger partial charge in [-0.2, -0.15) is 0 Å². The number of nitrogens with one attached hydrogen (secondary N) is 1. The highest BCUT2D eigenvalue weighted by Gasteiger charge is 2.46. The molecule has 5 N–H and O–H groups in total. The minimum Gasteiger partial charge on any atom is -0.382 e. The molecule has 2 aliphatic heterocycles. The van der Waals surface area contributed by atoms with E-state index in [4.69, 9.17) is 39.5 Å². The number of ether oxygens (including phenoxy) is 4. The maximum absolute atomic E-state index is 14.3. The Morgan fingerprint density at radius 2 is 1.46 bits per heavy atom. The maximum Gasteiger partial charge on any atom is 0.419 e. The minimum absolute atomic E-state index is 0.0508. The van der Waals surface area contributed by atoms with Gasteiger partial charge < -0.3 is 30.4 Å². The molecule has 0 aromatic carbocycles. The molecule has 20 nitrogen and oxygen atoms in total. The van der Waals surface area contributed by atoms with Crippen LogP contribution in [0.1, 0.15) is 46.1 Å². The lowest BCUT2D eigenvalue weighted by Crippen LogP contribution is -2.35. The molecular weight excluding hydrogens is 673 g/mol. The topological polar surface area (TPSA) is 258 Å². The van der Waals surface area contributed by atoms with Crippen molar-refractivity contribution in [1.29, 1.82) is 0 Å². The van der Waals surface area contributed by atoms with Gasteiger partial charge in [-0.05, 0) is 20.8 Å². The van der Waals surface area contributed by atoms with Gasteiger partial charge >= 0.3 is 7.75 Å². The highest BCUT2D eigenvalue weighted by molar-refractivity contribution is 7.94. The number of methoxy groups -OCH3 is 1. The maximum atomic E-state index is 14.3. The van der Waals surface area contributed by atoms with Gasteiger partial charge in [0.2, 0.25) is 10.0 Å². The molecule has 7 atom stereocenters. The Balaban J connectivity index is 1.22. The first-order valence-electron chi connectivity index (χ1n) is 15.2. The summed E-state index contributed by atoms with van der Waals surface area (Å²) in [4.78, 5) is 25.1. The summed E-state index contributed by atoms with van der Waals surface area (Å²) in [7, 11) is -7.19. The predicted octanol–water partition coefficient (Wildman–Crippen LogP) is 1.29. The Kier molecular flexibility index (Phi) is 9.94. The van der Waals surface area contributed by atoms with Crippen molar-refractivity contribution >= 4 is 51.7 Å². The zero-order valence-electron chi connectivity index (χ0n) is 26.6. The van der Waals surface area contributed by atoms with Gasteiger partial charge in [-0.3, -0.25) is 18.2 Å². The van der Waals surface area contributed by atoms with Crippen molar-refractivity contribution in [2.75, 3.05) is 37.5 Å². The van der Waals surface area contributed by atoms with Crippen LogP contribution >= 0.6 is 7.75 Å². The van der Waals surface area contributed by atoms with Crippen LogP contribution in [0.25, 0.3) is 22.3 Å². The molecule has 0 amide bonds. The third-order valence-electron chi connectivity index (χ3n) is 7.97. The molecule has 4 aromatic rings. The zero-order chi connectivity index (χ0) is 34.2. The number of nitrogen functional groups attached to an aromatic ring is 2. The quantitative estimate of drug-likeness (QED) is 0.156. The lowest BCUT2D eigenvalue weighted by atomic mass is 10.2. The van der Waals surface area contributed by atoms with Gasteiger partial charge in [0.05, 0.1) is 43.8 Å². The van der Waals surface area contributed by atoms with Crippen LogP contribution in [0.4, 0.5) is 11.6 Å². The Morgan fingerprint density at radius 1 is 0.917 bits per heavy atom. The van der Waals surface area contributed by atoms with Crippen LogP contribution in [0, 0.1) is 0 Å². The number of anilines is 2. The van der Waals surface area contributed by atoms with Crippen molar-refractivity contribution in [2.24, 2.45) is 0 Å². The molecule has 4 aromatic heterocycles. The summed E-state index contributed by atoms with van der Waals surface area (Å²) in [5.41, 5.74) is 13.6. The number of fused-ring (bicyclic) bond motifs is 2. The first-order valence-corrected chi connectivity index (χ1v) is 18.4. The van der Waals surface area contributed by atoms with E-state index in [2.05, 4.69) is 34.4 Å². The molecule has 0 spiro atoms. The number of aromatic nitrogens is 8. The molecule has 22 heteroatoms. The van der Waals surface area contributed by atoms with Crippen molar-refractivity contribution < 1.29 is 41.0 Å². The second-order valence-corrected chi connectivity index (χ2v) is 15.5. The number of nitrogens with zero attached hydrogens (tertiary/aromatic N) is 8. The predicted molar refractivity (Wildman–Crippen MR) is 169 cm³/mol. The third-order valence-corrected chi connectivity index (χ3v) is 11.8. The standard InChI is InChI=1S/C26H38N11O9PS/c1-5-48(39,40)35-47(38,43-9-18-15(41-4)6-19(45-18)36-12-33-21-23(27)29-10-31-25(21)36)46-16-7-20(44-17(16)8-42-14(2)3)37-13-34-22-24(28)30-11-32-26(22)37/h10-20H,5-9H2,1-4H3,(H,35,38)(H2,27,29,31)(H2,28,30,32)/t15-,16-,17?,18?,19-,20-,47?/m1/s1. The molecule has 2 saturated heterocycles. The van der Waals surface area contributed by atoms with Crippen molar-refractivity contribution in [3.8, 4) is 0 Å². The van der Waals surface area contributed by atoms with Crippen molar-refractivity contribution in [2.45, 2.75) is 76.6 Å². The van der Waals surface area contributed by atoms with Gasteiger partial charge in [-0.15, -0.1) is 4.49 Å². The third kappa shape index (κ3) is 7.14. The lowest BCUT2D eigenvalue weighted by Gasteiger charge is -2.27. The highest BCUT2D eigenvalue weighted by atomic mass is 32.2. The van der Waals surface area contributed by atoms with Gasteiger partial charge in [-0.1, -0.05) is 0 Å². The molecule has 2 aliphatic rings. The zero-order valence-corrected chi connectivity index (χ0v) is 28.4. The lowest BCUT2D eigenvalue weighted by molar-refractivity contribution is -0.0734. The molecule has 0 aliphatic carbocycles. The number of nitrogens with two attached hydrogens (primary N) is 2. The smallest absolute Gasteiger partial charge is 0.382 e. The Hall–Kier alpha value is -3.40. The molecule has 0 radical (unpaired) electrons. The van der Waals surface area contributed by atoms with Crippen molar-refractivity contribution in [3.05, 3.63) is 25.3 Å². The van der Waals surface area contributed by atoms with Crippen LogP contribution in [0.2, 0.25) is 0 Å². The number of sulfonamides is 1. The van der Waals surface area contributed by atoms with Crippen LogP contribution < -0.4 is 16.0 Å². The van der Waals surface area contributed by atoms with E-state index in [1.807, 2.05) is 13.8 Å². The largest absolute Gasteiger partial charge is 0.419 e. The summed E-state index contributed by atoms with van der Waals surface area (Å²) in [6.07, 6.45) is 1.62.